The van der Waals surface area contributed by atoms with E-state index in [1.54, 1.807) is 0 Å². The first kappa shape index (κ1) is 13.5. The molecule has 0 amide bonds. The number of nitriles is 1. The molecule has 0 bridgehead atoms. The van der Waals surface area contributed by atoms with Crippen molar-refractivity contribution in [1.29, 1.82) is 5.26 Å². The largest absolute Gasteiger partial charge is 0.299 e. The van der Waals surface area contributed by atoms with E-state index in [1.165, 1.54) is 32.1 Å². The summed E-state index contributed by atoms with van der Waals surface area (Å²) in [5, 5.41) is 12.4. The molecule has 92 valence electrons. The monoisotopic (exact) mass is 222 g/mol. The van der Waals surface area contributed by atoms with Gasteiger partial charge in [-0.3, -0.25) is 5.32 Å². The maximum atomic E-state index is 8.99. The van der Waals surface area contributed by atoms with Crippen molar-refractivity contribution in [3.8, 4) is 6.07 Å². The summed E-state index contributed by atoms with van der Waals surface area (Å²) in [4.78, 5) is 0. The molecule has 0 radical (unpaired) electrons. The van der Waals surface area contributed by atoms with Gasteiger partial charge < -0.3 is 0 Å². The zero-order chi connectivity index (χ0) is 12.2. The van der Waals surface area contributed by atoms with E-state index in [0.29, 0.717) is 5.41 Å². The highest BCUT2D eigenvalue weighted by molar-refractivity contribution is 5.01. The Kier molecular flexibility index (Phi) is 4.38. The maximum absolute atomic E-state index is 8.99. The van der Waals surface area contributed by atoms with Crippen LogP contribution in [0.4, 0.5) is 0 Å². The molecule has 0 aromatic rings. The summed E-state index contributed by atoms with van der Waals surface area (Å²) in [5.74, 6) is 0.822. The van der Waals surface area contributed by atoms with Crippen molar-refractivity contribution in [1.82, 2.24) is 5.32 Å². The molecule has 0 aliphatic heterocycles. The number of rotatable bonds is 4. The fourth-order valence-corrected chi connectivity index (χ4v) is 2.52. The first-order valence-corrected chi connectivity index (χ1v) is 6.54. The fourth-order valence-electron chi connectivity index (χ4n) is 2.52. The molecule has 0 spiro atoms. The standard InChI is InChI=1S/C14H26N2/c1-13(2,11-16-14(3,4)10-15)12-8-6-5-7-9-12/h12,16H,5-9,11H2,1-4H3. The summed E-state index contributed by atoms with van der Waals surface area (Å²) in [6.45, 7) is 9.51. The zero-order valence-corrected chi connectivity index (χ0v) is 11.3. The highest BCUT2D eigenvalue weighted by atomic mass is 15.0. The lowest BCUT2D eigenvalue weighted by Crippen LogP contribution is -2.45. The van der Waals surface area contributed by atoms with Crippen LogP contribution in [0.15, 0.2) is 0 Å². The maximum Gasteiger partial charge on any atom is 0.101 e. The van der Waals surface area contributed by atoms with E-state index in [0.717, 1.165) is 12.5 Å². The van der Waals surface area contributed by atoms with E-state index < -0.39 is 5.54 Å². The smallest absolute Gasteiger partial charge is 0.101 e. The van der Waals surface area contributed by atoms with Crippen LogP contribution in [0.1, 0.15) is 59.8 Å². The van der Waals surface area contributed by atoms with Crippen LogP contribution in [0.2, 0.25) is 0 Å². The molecule has 16 heavy (non-hydrogen) atoms. The van der Waals surface area contributed by atoms with Gasteiger partial charge >= 0.3 is 0 Å². The van der Waals surface area contributed by atoms with Gasteiger partial charge in [-0.05, 0) is 38.0 Å². The Morgan fingerprint density at radius 3 is 2.19 bits per heavy atom. The normalized spacial score (nSPS) is 19.4. The van der Waals surface area contributed by atoms with Crippen LogP contribution >= 0.6 is 0 Å². The van der Waals surface area contributed by atoms with E-state index in [1.807, 2.05) is 13.8 Å². The summed E-state index contributed by atoms with van der Waals surface area (Å²) in [6.07, 6.45) is 6.90. The van der Waals surface area contributed by atoms with Gasteiger partial charge in [0, 0.05) is 6.54 Å². The summed E-state index contributed by atoms with van der Waals surface area (Å²) in [6, 6.07) is 2.31. The first-order chi connectivity index (χ1) is 7.37. The molecule has 1 rings (SSSR count). The molecule has 0 saturated heterocycles. The molecule has 2 heteroatoms. The molecular formula is C14H26N2. The van der Waals surface area contributed by atoms with Gasteiger partial charge in [0.1, 0.15) is 5.54 Å². The lowest BCUT2D eigenvalue weighted by molar-refractivity contribution is 0.147. The number of nitrogens with zero attached hydrogens (tertiary/aromatic N) is 1. The molecule has 1 aliphatic carbocycles. The van der Waals surface area contributed by atoms with E-state index in [4.69, 9.17) is 5.26 Å². The van der Waals surface area contributed by atoms with Crippen LogP contribution < -0.4 is 5.32 Å². The van der Waals surface area contributed by atoms with Crippen LogP contribution in [-0.2, 0) is 0 Å². The molecule has 1 N–H and O–H groups in total. The van der Waals surface area contributed by atoms with Crippen LogP contribution in [0.3, 0.4) is 0 Å². The average Bonchev–Trinajstić information content (AvgIpc) is 2.28. The zero-order valence-electron chi connectivity index (χ0n) is 11.3. The summed E-state index contributed by atoms with van der Waals surface area (Å²) >= 11 is 0. The highest BCUT2D eigenvalue weighted by Gasteiger charge is 2.31. The van der Waals surface area contributed by atoms with Crippen molar-refractivity contribution in [2.75, 3.05) is 6.54 Å². The molecule has 0 unspecified atom stereocenters. The Hall–Kier alpha value is -0.550. The van der Waals surface area contributed by atoms with E-state index in [9.17, 15) is 0 Å². The van der Waals surface area contributed by atoms with E-state index in [-0.39, 0.29) is 0 Å². The Morgan fingerprint density at radius 1 is 1.12 bits per heavy atom. The third-order valence-corrected chi connectivity index (χ3v) is 3.98. The second kappa shape index (κ2) is 5.19. The van der Waals surface area contributed by atoms with Crippen molar-refractivity contribution in [2.45, 2.75) is 65.3 Å². The van der Waals surface area contributed by atoms with Gasteiger partial charge in [-0.2, -0.15) is 5.26 Å². The molecule has 2 nitrogen and oxygen atoms in total. The second-order valence-corrected chi connectivity index (χ2v) is 6.41. The van der Waals surface area contributed by atoms with Crippen LogP contribution in [0.5, 0.6) is 0 Å². The van der Waals surface area contributed by atoms with Gasteiger partial charge in [0.05, 0.1) is 6.07 Å². The first-order valence-electron chi connectivity index (χ1n) is 6.54. The van der Waals surface area contributed by atoms with E-state index in [2.05, 4.69) is 25.2 Å². The van der Waals surface area contributed by atoms with Gasteiger partial charge in [0.15, 0.2) is 0 Å². The Labute approximate surface area is 100 Å². The summed E-state index contributed by atoms with van der Waals surface area (Å²) in [7, 11) is 0. The van der Waals surface area contributed by atoms with E-state index >= 15 is 0 Å². The van der Waals surface area contributed by atoms with Crippen LogP contribution in [0, 0.1) is 22.7 Å². The molecule has 1 saturated carbocycles. The Balaban J connectivity index is 2.47. The van der Waals surface area contributed by atoms with Gasteiger partial charge in [0.2, 0.25) is 0 Å². The predicted octanol–water partition coefficient (Wildman–Crippen LogP) is 3.48. The van der Waals surface area contributed by atoms with Crippen molar-refractivity contribution in [3.05, 3.63) is 0 Å². The number of nitrogens with one attached hydrogen (secondary N) is 1. The van der Waals surface area contributed by atoms with Gasteiger partial charge in [-0.1, -0.05) is 33.1 Å². The molecule has 1 fully saturated rings. The predicted molar refractivity (Wildman–Crippen MR) is 68.1 cm³/mol. The van der Waals surface area contributed by atoms with Crippen molar-refractivity contribution in [3.63, 3.8) is 0 Å². The lowest BCUT2D eigenvalue weighted by atomic mass is 9.71. The van der Waals surface area contributed by atoms with Crippen LogP contribution in [-0.4, -0.2) is 12.1 Å². The van der Waals surface area contributed by atoms with Crippen molar-refractivity contribution < 1.29 is 0 Å². The molecule has 0 heterocycles. The molecule has 1 aliphatic rings. The fraction of sp³-hybridized carbons (Fsp3) is 0.929. The van der Waals surface area contributed by atoms with Crippen molar-refractivity contribution in [2.24, 2.45) is 11.3 Å². The molecular weight excluding hydrogens is 196 g/mol. The van der Waals surface area contributed by atoms with Gasteiger partial charge in [0.25, 0.3) is 0 Å². The van der Waals surface area contributed by atoms with Gasteiger partial charge in [-0.25, -0.2) is 0 Å². The summed E-state index contributed by atoms with van der Waals surface area (Å²) in [5.41, 5.74) is -0.0829. The highest BCUT2D eigenvalue weighted by Crippen LogP contribution is 2.37. The van der Waals surface area contributed by atoms with Crippen LogP contribution in [0.25, 0.3) is 0 Å². The quantitative estimate of drug-likeness (QED) is 0.790. The van der Waals surface area contributed by atoms with Crippen molar-refractivity contribution >= 4 is 0 Å². The lowest BCUT2D eigenvalue weighted by Gasteiger charge is -2.38. The second-order valence-electron chi connectivity index (χ2n) is 6.41. The number of hydrogen-bond donors (Lipinski definition) is 1. The minimum Gasteiger partial charge on any atom is -0.299 e. The third-order valence-electron chi connectivity index (χ3n) is 3.98. The SMILES string of the molecule is CC(C)(C#N)NCC(C)(C)C1CCCCC1. The molecule has 0 aromatic heterocycles. The molecule has 0 atom stereocenters. The summed E-state index contributed by atoms with van der Waals surface area (Å²) < 4.78 is 0. The third kappa shape index (κ3) is 3.79. The molecule has 0 aromatic carbocycles. The topological polar surface area (TPSA) is 35.8 Å². The Bertz CT molecular complexity index is 254. The average molecular weight is 222 g/mol. The Morgan fingerprint density at radius 2 is 1.69 bits per heavy atom. The van der Waals surface area contributed by atoms with Gasteiger partial charge in [-0.15, -0.1) is 0 Å². The minimum atomic E-state index is -0.397. The number of hydrogen-bond acceptors (Lipinski definition) is 2. The minimum absolute atomic E-state index is 0.314.